The summed E-state index contributed by atoms with van der Waals surface area (Å²) in [7, 11) is 1.34. The van der Waals surface area contributed by atoms with Crippen molar-refractivity contribution < 1.29 is 23.0 Å². The topological polar surface area (TPSA) is 47.6 Å². The van der Waals surface area contributed by atoms with Crippen molar-refractivity contribution in [1.29, 1.82) is 0 Å². The quantitative estimate of drug-likeness (QED) is 0.847. The number of nitrogens with one attached hydrogen (secondary N) is 1. The molecule has 0 fully saturated rings. The molecule has 0 saturated carbocycles. The molecule has 7 heteroatoms. The van der Waals surface area contributed by atoms with Gasteiger partial charge in [-0.15, -0.1) is 0 Å². The number of anilines is 1. The molecular formula is C11H12BrF2NO3. The van der Waals surface area contributed by atoms with Crippen molar-refractivity contribution >= 4 is 27.5 Å². The molecule has 0 aliphatic carbocycles. The molecule has 1 aromatic rings. The first kappa shape index (κ1) is 14.7. The maximum absolute atomic E-state index is 12.2. The van der Waals surface area contributed by atoms with Crippen LogP contribution in [0.3, 0.4) is 0 Å². The number of hydrogen-bond acceptors (Lipinski definition) is 3. The summed E-state index contributed by atoms with van der Waals surface area (Å²) in [6.45, 7) is -1.31. The van der Waals surface area contributed by atoms with Crippen LogP contribution in [0.25, 0.3) is 0 Å². The molecule has 1 unspecified atom stereocenters. The van der Waals surface area contributed by atoms with E-state index < -0.39 is 6.61 Å². The summed E-state index contributed by atoms with van der Waals surface area (Å²) in [5.74, 6) is -0.254. The van der Waals surface area contributed by atoms with Crippen LogP contribution < -0.4 is 14.8 Å². The van der Waals surface area contributed by atoms with Gasteiger partial charge in [-0.2, -0.15) is 8.78 Å². The fourth-order valence-corrected chi connectivity index (χ4v) is 1.30. The minimum absolute atomic E-state index is 0.132. The molecule has 1 aromatic carbocycles. The van der Waals surface area contributed by atoms with Crippen LogP contribution >= 0.6 is 15.9 Å². The third-order valence-electron chi connectivity index (χ3n) is 2.01. The van der Waals surface area contributed by atoms with Gasteiger partial charge in [0.15, 0.2) is 11.5 Å². The van der Waals surface area contributed by atoms with Crippen molar-refractivity contribution in [1.82, 2.24) is 0 Å². The summed E-state index contributed by atoms with van der Waals surface area (Å²) in [5, 5.41) is 2.54. The first-order valence-electron chi connectivity index (χ1n) is 5.02. The van der Waals surface area contributed by atoms with Gasteiger partial charge in [-0.05, 0) is 19.1 Å². The Balaban J connectivity index is 2.92. The van der Waals surface area contributed by atoms with E-state index in [1.165, 1.54) is 25.3 Å². The second-order valence-corrected chi connectivity index (χ2v) is 4.72. The number of rotatable bonds is 5. The Labute approximate surface area is 111 Å². The van der Waals surface area contributed by atoms with Crippen molar-refractivity contribution in [3.63, 3.8) is 0 Å². The van der Waals surface area contributed by atoms with E-state index in [0.29, 0.717) is 5.69 Å². The Hall–Kier alpha value is -1.37. The lowest BCUT2D eigenvalue weighted by Gasteiger charge is -2.12. The van der Waals surface area contributed by atoms with E-state index in [9.17, 15) is 13.6 Å². The smallest absolute Gasteiger partial charge is 0.387 e. The zero-order valence-corrected chi connectivity index (χ0v) is 11.3. The van der Waals surface area contributed by atoms with Crippen LogP contribution in [0.15, 0.2) is 18.2 Å². The van der Waals surface area contributed by atoms with Gasteiger partial charge in [0.2, 0.25) is 5.91 Å². The molecule has 0 aliphatic rings. The van der Waals surface area contributed by atoms with Crippen LogP contribution in [0.1, 0.15) is 6.92 Å². The normalized spacial score (nSPS) is 12.1. The predicted octanol–water partition coefficient (Wildman–Crippen LogP) is 3.02. The summed E-state index contributed by atoms with van der Waals surface area (Å²) in [5.41, 5.74) is 0.350. The molecule has 0 bridgehead atoms. The van der Waals surface area contributed by atoms with Gasteiger partial charge in [0.1, 0.15) is 0 Å². The minimum Gasteiger partial charge on any atom is -0.493 e. The summed E-state index contributed by atoms with van der Waals surface area (Å²) < 4.78 is 33.5. The number of amides is 1. The van der Waals surface area contributed by atoms with Gasteiger partial charge in [0, 0.05) is 11.8 Å². The number of halogens is 3. The third-order valence-corrected chi connectivity index (χ3v) is 2.42. The van der Waals surface area contributed by atoms with Crippen molar-refractivity contribution in [2.24, 2.45) is 0 Å². The maximum Gasteiger partial charge on any atom is 0.387 e. The van der Waals surface area contributed by atoms with Crippen LogP contribution in [-0.4, -0.2) is 24.5 Å². The van der Waals surface area contributed by atoms with Crippen molar-refractivity contribution in [3.8, 4) is 11.5 Å². The van der Waals surface area contributed by atoms with Crippen LogP contribution in [0.5, 0.6) is 11.5 Å². The highest BCUT2D eigenvalue weighted by Gasteiger charge is 2.13. The van der Waals surface area contributed by atoms with E-state index in [-0.39, 0.29) is 22.2 Å². The second-order valence-electron chi connectivity index (χ2n) is 3.35. The van der Waals surface area contributed by atoms with Crippen molar-refractivity contribution in [3.05, 3.63) is 18.2 Å². The van der Waals surface area contributed by atoms with Crippen LogP contribution in [-0.2, 0) is 4.79 Å². The molecule has 4 nitrogen and oxygen atoms in total. The second kappa shape index (κ2) is 6.53. The number of benzene rings is 1. The van der Waals surface area contributed by atoms with E-state index in [1.54, 1.807) is 6.92 Å². The molecule has 1 N–H and O–H groups in total. The monoisotopic (exact) mass is 323 g/mol. The number of hydrogen-bond donors (Lipinski definition) is 1. The standard InChI is InChI=1S/C11H12BrF2NO3/c1-6(12)10(16)15-7-3-4-8(17-2)9(5-7)18-11(13)14/h3-6,11H,1-2H3,(H,15,16). The number of carbonyl (C=O) groups is 1. The fraction of sp³-hybridized carbons (Fsp3) is 0.364. The lowest BCUT2D eigenvalue weighted by Crippen LogP contribution is -2.19. The Kier molecular flexibility index (Phi) is 5.33. The van der Waals surface area contributed by atoms with E-state index in [0.717, 1.165) is 0 Å². The van der Waals surface area contributed by atoms with Crippen molar-refractivity contribution in [2.75, 3.05) is 12.4 Å². The number of alkyl halides is 3. The van der Waals surface area contributed by atoms with Gasteiger partial charge in [0.25, 0.3) is 0 Å². The minimum atomic E-state index is -2.96. The highest BCUT2D eigenvalue weighted by atomic mass is 79.9. The summed E-state index contributed by atoms with van der Waals surface area (Å²) in [6.07, 6.45) is 0. The highest BCUT2D eigenvalue weighted by Crippen LogP contribution is 2.31. The zero-order valence-electron chi connectivity index (χ0n) is 9.75. The summed E-state index contributed by atoms with van der Waals surface area (Å²) >= 11 is 3.10. The summed E-state index contributed by atoms with van der Waals surface area (Å²) in [4.78, 5) is 11.0. The number of carbonyl (C=O) groups excluding carboxylic acids is 1. The molecule has 1 rings (SSSR count). The first-order valence-corrected chi connectivity index (χ1v) is 5.93. The molecule has 100 valence electrons. The van der Waals surface area contributed by atoms with Crippen molar-refractivity contribution in [2.45, 2.75) is 18.4 Å². The fourth-order valence-electron chi connectivity index (χ4n) is 1.18. The third kappa shape index (κ3) is 4.14. The molecular weight excluding hydrogens is 312 g/mol. The lowest BCUT2D eigenvalue weighted by molar-refractivity contribution is -0.115. The molecule has 0 heterocycles. The van der Waals surface area contributed by atoms with E-state index in [2.05, 4.69) is 26.0 Å². The van der Waals surface area contributed by atoms with Gasteiger partial charge in [-0.1, -0.05) is 15.9 Å². The van der Waals surface area contributed by atoms with Crippen LogP contribution in [0, 0.1) is 0 Å². The molecule has 0 aromatic heterocycles. The van der Waals surface area contributed by atoms with Crippen LogP contribution in [0.2, 0.25) is 0 Å². The molecule has 0 spiro atoms. The van der Waals surface area contributed by atoms with E-state index in [4.69, 9.17) is 4.74 Å². The SMILES string of the molecule is COc1ccc(NC(=O)C(C)Br)cc1OC(F)F. The molecule has 0 saturated heterocycles. The van der Waals surface area contributed by atoms with Crippen LogP contribution in [0.4, 0.5) is 14.5 Å². The Bertz CT molecular complexity index is 427. The maximum atomic E-state index is 12.2. The van der Waals surface area contributed by atoms with Gasteiger partial charge >= 0.3 is 6.61 Å². The van der Waals surface area contributed by atoms with Gasteiger partial charge in [-0.25, -0.2) is 0 Å². The predicted molar refractivity (Wildman–Crippen MR) is 66.6 cm³/mol. The largest absolute Gasteiger partial charge is 0.493 e. The average molecular weight is 324 g/mol. The molecule has 1 atom stereocenters. The lowest BCUT2D eigenvalue weighted by atomic mass is 10.2. The Morgan fingerprint density at radius 3 is 2.56 bits per heavy atom. The molecule has 1 amide bonds. The Morgan fingerprint density at radius 1 is 1.39 bits per heavy atom. The summed E-state index contributed by atoms with van der Waals surface area (Å²) in [6, 6.07) is 4.24. The molecule has 18 heavy (non-hydrogen) atoms. The highest BCUT2D eigenvalue weighted by molar-refractivity contribution is 9.10. The van der Waals surface area contributed by atoms with Gasteiger partial charge < -0.3 is 14.8 Å². The Morgan fingerprint density at radius 2 is 2.06 bits per heavy atom. The van der Waals surface area contributed by atoms with Gasteiger partial charge in [0.05, 0.1) is 11.9 Å². The average Bonchev–Trinajstić information content (AvgIpc) is 2.28. The van der Waals surface area contributed by atoms with E-state index in [1.807, 2.05) is 0 Å². The molecule has 0 radical (unpaired) electrons. The first-order chi connectivity index (χ1) is 8.43. The zero-order chi connectivity index (χ0) is 13.7. The number of ether oxygens (including phenoxy) is 2. The van der Waals surface area contributed by atoms with E-state index >= 15 is 0 Å². The van der Waals surface area contributed by atoms with Gasteiger partial charge in [-0.3, -0.25) is 4.79 Å². The number of methoxy groups -OCH3 is 1. The molecule has 0 aliphatic heterocycles.